The number of nitrogens with zero attached hydrogens (tertiary/aromatic N) is 2. The van der Waals surface area contributed by atoms with Gasteiger partial charge in [0, 0.05) is 11.9 Å². The zero-order chi connectivity index (χ0) is 18.0. The second kappa shape index (κ2) is 7.05. The molecule has 0 spiro atoms. The summed E-state index contributed by atoms with van der Waals surface area (Å²) < 4.78 is 15.2. The number of hydrogen-bond acceptors (Lipinski definition) is 2. The maximum Gasteiger partial charge on any atom is 0.274 e. The van der Waals surface area contributed by atoms with Crippen molar-refractivity contribution in [2.75, 3.05) is 5.32 Å². The number of nitrogens with one attached hydrogen (secondary N) is 1. The van der Waals surface area contributed by atoms with Crippen molar-refractivity contribution in [3.63, 3.8) is 0 Å². The van der Waals surface area contributed by atoms with Crippen molar-refractivity contribution >= 4 is 17.2 Å². The van der Waals surface area contributed by atoms with Crippen molar-refractivity contribution in [3.8, 4) is 0 Å². The van der Waals surface area contributed by atoms with E-state index < -0.39 is 5.82 Å². The summed E-state index contributed by atoms with van der Waals surface area (Å²) in [7, 11) is 0. The van der Waals surface area contributed by atoms with Gasteiger partial charge in [-0.3, -0.25) is 9.20 Å². The molecule has 0 radical (unpaired) electrons. The Morgan fingerprint density at radius 1 is 1.24 bits per heavy atom. The molecule has 2 aromatic heterocycles. The highest BCUT2D eigenvalue weighted by Gasteiger charge is 2.20. The lowest BCUT2D eigenvalue weighted by Crippen LogP contribution is -2.18. The van der Waals surface area contributed by atoms with Crippen LogP contribution >= 0.6 is 0 Å². The van der Waals surface area contributed by atoms with Gasteiger partial charge in [-0.2, -0.15) is 0 Å². The molecular weight excluding hydrogens is 317 g/mol. The smallest absolute Gasteiger partial charge is 0.274 e. The minimum atomic E-state index is -0.396. The standard InChI is InChI=1S/C20H22FN3O/c1-4-7-16-19(24-12-15(21)10-11-17(24)22-16)20(25)23-18-13(3)8-6-9-14(18)5-2/h6,8-12H,4-5,7H2,1-3H3,(H,23,25). The Hall–Kier alpha value is -2.69. The van der Waals surface area contributed by atoms with Crippen LogP contribution in [0.1, 0.15) is 47.6 Å². The zero-order valence-electron chi connectivity index (χ0n) is 14.8. The Balaban J connectivity index is 2.08. The van der Waals surface area contributed by atoms with E-state index in [-0.39, 0.29) is 5.91 Å². The molecule has 0 fully saturated rings. The van der Waals surface area contributed by atoms with Gasteiger partial charge in [-0.15, -0.1) is 0 Å². The van der Waals surface area contributed by atoms with E-state index in [0.717, 1.165) is 29.7 Å². The number of aromatic nitrogens is 2. The van der Waals surface area contributed by atoms with Crippen LogP contribution in [0.3, 0.4) is 0 Å². The van der Waals surface area contributed by atoms with Crippen LogP contribution in [0, 0.1) is 12.7 Å². The van der Waals surface area contributed by atoms with Crippen LogP contribution in [0.5, 0.6) is 0 Å². The number of aryl methyl sites for hydroxylation is 3. The highest BCUT2D eigenvalue weighted by atomic mass is 19.1. The number of benzene rings is 1. The molecule has 3 rings (SSSR count). The van der Waals surface area contributed by atoms with E-state index in [4.69, 9.17) is 0 Å². The first kappa shape index (κ1) is 17.1. The number of para-hydroxylation sites is 1. The number of anilines is 1. The first-order chi connectivity index (χ1) is 12.0. The maximum atomic E-state index is 13.7. The summed E-state index contributed by atoms with van der Waals surface area (Å²) >= 11 is 0. The van der Waals surface area contributed by atoms with Crippen LogP contribution < -0.4 is 5.32 Å². The first-order valence-corrected chi connectivity index (χ1v) is 8.61. The number of carbonyl (C=O) groups is 1. The molecular formula is C20H22FN3O. The number of carbonyl (C=O) groups excluding carboxylic acids is 1. The van der Waals surface area contributed by atoms with Gasteiger partial charge in [0.05, 0.1) is 5.69 Å². The van der Waals surface area contributed by atoms with Gasteiger partial charge in [0.2, 0.25) is 0 Å². The van der Waals surface area contributed by atoms with Crippen molar-refractivity contribution in [2.24, 2.45) is 0 Å². The van der Waals surface area contributed by atoms with Crippen LogP contribution in [-0.4, -0.2) is 15.3 Å². The molecule has 4 nitrogen and oxygen atoms in total. The van der Waals surface area contributed by atoms with Gasteiger partial charge >= 0.3 is 0 Å². The van der Waals surface area contributed by atoms with Gasteiger partial charge in [-0.25, -0.2) is 9.37 Å². The van der Waals surface area contributed by atoms with Gasteiger partial charge in [0.25, 0.3) is 5.91 Å². The molecule has 0 aliphatic heterocycles. The number of rotatable bonds is 5. The minimum absolute atomic E-state index is 0.259. The van der Waals surface area contributed by atoms with Gasteiger partial charge in [-0.05, 0) is 43.0 Å². The number of fused-ring (bicyclic) bond motifs is 1. The molecule has 1 aromatic carbocycles. The fraction of sp³-hybridized carbons (Fsp3) is 0.300. The Labute approximate surface area is 146 Å². The summed E-state index contributed by atoms with van der Waals surface area (Å²) in [6.45, 7) is 6.05. The lowest BCUT2D eigenvalue weighted by Gasteiger charge is -2.13. The molecule has 1 N–H and O–H groups in total. The largest absolute Gasteiger partial charge is 0.320 e. The molecule has 130 valence electrons. The third-order valence-electron chi connectivity index (χ3n) is 4.34. The molecule has 25 heavy (non-hydrogen) atoms. The van der Waals surface area contributed by atoms with Crippen molar-refractivity contribution in [1.82, 2.24) is 9.38 Å². The average Bonchev–Trinajstić information content (AvgIpc) is 2.94. The zero-order valence-corrected chi connectivity index (χ0v) is 14.8. The van der Waals surface area contributed by atoms with Crippen LogP contribution in [0.15, 0.2) is 36.5 Å². The lowest BCUT2D eigenvalue weighted by atomic mass is 10.1. The minimum Gasteiger partial charge on any atom is -0.320 e. The van der Waals surface area contributed by atoms with Crippen molar-refractivity contribution in [3.05, 3.63) is 64.9 Å². The second-order valence-corrected chi connectivity index (χ2v) is 6.15. The highest BCUT2D eigenvalue weighted by Crippen LogP contribution is 2.23. The van der Waals surface area contributed by atoms with E-state index in [1.165, 1.54) is 12.3 Å². The fourth-order valence-corrected chi connectivity index (χ4v) is 3.09. The Morgan fingerprint density at radius 2 is 2.04 bits per heavy atom. The molecule has 0 unspecified atom stereocenters. The van der Waals surface area contributed by atoms with Crippen LogP contribution in [-0.2, 0) is 12.8 Å². The first-order valence-electron chi connectivity index (χ1n) is 8.61. The highest BCUT2D eigenvalue weighted by molar-refractivity contribution is 6.05. The molecule has 0 aliphatic rings. The van der Waals surface area contributed by atoms with E-state index in [1.54, 1.807) is 10.5 Å². The second-order valence-electron chi connectivity index (χ2n) is 6.15. The Morgan fingerprint density at radius 3 is 2.76 bits per heavy atom. The van der Waals surface area contributed by atoms with Crippen LogP contribution in [0.25, 0.3) is 5.65 Å². The van der Waals surface area contributed by atoms with Crippen molar-refractivity contribution < 1.29 is 9.18 Å². The monoisotopic (exact) mass is 339 g/mol. The topological polar surface area (TPSA) is 46.4 Å². The molecule has 2 heterocycles. The molecule has 5 heteroatoms. The third-order valence-corrected chi connectivity index (χ3v) is 4.34. The van der Waals surface area contributed by atoms with Gasteiger partial charge in [0.15, 0.2) is 0 Å². The summed E-state index contributed by atoms with van der Waals surface area (Å²) in [5.74, 6) is -0.655. The van der Waals surface area contributed by atoms with Crippen LogP contribution in [0.2, 0.25) is 0 Å². The number of hydrogen-bond donors (Lipinski definition) is 1. The third kappa shape index (κ3) is 3.27. The summed E-state index contributed by atoms with van der Waals surface area (Å²) in [5, 5.41) is 3.02. The molecule has 0 aliphatic carbocycles. The molecule has 0 bridgehead atoms. The number of amides is 1. The molecule has 0 saturated heterocycles. The van der Waals surface area contributed by atoms with E-state index in [1.807, 2.05) is 32.0 Å². The summed E-state index contributed by atoms with van der Waals surface area (Å²) in [6, 6.07) is 8.91. The summed E-state index contributed by atoms with van der Waals surface area (Å²) in [4.78, 5) is 17.5. The van der Waals surface area contributed by atoms with E-state index >= 15 is 0 Å². The van der Waals surface area contributed by atoms with Crippen LogP contribution in [0.4, 0.5) is 10.1 Å². The SMILES string of the molecule is CCCc1nc2ccc(F)cn2c1C(=O)Nc1c(C)cccc1CC. The van der Waals surface area contributed by atoms with Gasteiger partial charge < -0.3 is 5.32 Å². The van der Waals surface area contributed by atoms with Gasteiger partial charge in [-0.1, -0.05) is 38.5 Å². The van der Waals surface area contributed by atoms with E-state index in [9.17, 15) is 9.18 Å². The van der Waals surface area contributed by atoms with Gasteiger partial charge in [0.1, 0.15) is 17.2 Å². The van der Waals surface area contributed by atoms with Crippen molar-refractivity contribution in [1.29, 1.82) is 0 Å². The predicted octanol–water partition coefficient (Wildman–Crippen LogP) is 4.55. The number of imidazole rings is 1. The predicted molar refractivity (Wildman–Crippen MR) is 97.7 cm³/mol. The molecule has 0 atom stereocenters. The van der Waals surface area contributed by atoms with E-state index in [0.29, 0.717) is 23.5 Å². The number of pyridine rings is 1. The maximum absolute atomic E-state index is 13.7. The lowest BCUT2D eigenvalue weighted by molar-refractivity contribution is 0.102. The molecule has 3 aromatic rings. The summed E-state index contributed by atoms with van der Waals surface area (Å²) in [6.07, 6.45) is 3.66. The van der Waals surface area contributed by atoms with Crippen molar-refractivity contribution in [2.45, 2.75) is 40.0 Å². The Kier molecular flexibility index (Phi) is 4.83. The normalized spacial score (nSPS) is 11.0. The summed E-state index contributed by atoms with van der Waals surface area (Å²) in [5.41, 5.74) is 4.58. The number of halogens is 1. The fourth-order valence-electron chi connectivity index (χ4n) is 3.09. The quantitative estimate of drug-likeness (QED) is 0.741. The molecule has 1 amide bonds. The molecule has 0 saturated carbocycles. The Bertz CT molecular complexity index is 930. The average molecular weight is 339 g/mol. The van der Waals surface area contributed by atoms with E-state index in [2.05, 4.69) is 17.2 Å².